The number of thioether (sulfide) groups is 1. The first kappa shape index (κ1) is 10.6. The Morgan fingerprint density at radius 1 is 1.15 bits per heavy atom. The number of benzene rings is 1. The Bertz CT molecular complexity index is 218. The van der Waals surface area contributed by atoms with Crippen LogP contribution in [0.15, 0.2) is 30.3 Å². The van der Waals surface area contributed by atoms with E-state index in [2.05, 4.69) is 44.2 Å². The summed E-state index contributed by atoms with van der Waals surface area (Å²) in [5.41, 5.74) is 1.49. The van der Waals surface area contributed by atoms with Crippen LogP contribution in [-0.2, 0) is 0 Å². The molecule has 0 saturated carbocycles. The molecular formula is C12H18S. The molecule has 0 amide bonds. The van der Waals surface area contributed by atoms with E-state index in [1.807, 2.05) is 11.8 Å². The van der Waals surface area contributed by atoms with Gasteiger partial charge in [-0.25, -0.2) is 0 Å². The van der Waals surface area contributed by atoms with Gasteiger partial charge in [-0.15, -0.1) is 0 Å². The van der Waals surface area contributed by atoms with Crippen LogP contribution in [0.5, 0.6) is 0 Å². The van der Waals surface area contributed by atoms with Crippen molar-refractivity contribution in [3.63, 3.8) is 0 Å². The standard InChI is InChI=1S/C12H18S/c1-3-11(10-13-4-2)12-8-6-5-7-9-12/h5-9,11H,3-4,10H2,1-2H3. The highest BCUT2D eigenvalue weighted by Crippen LogP contribution is 2.23. The average Bonchev–Trinajstić information content (AvgIpc) is 2.21. The Balaban J connectivity index is 2.56. The Kier molecular flexibility index (Phi) is 4.99. The first-order valence-electron chi connectivity index (χ1n) is 5.01. The molecule has 0 saturated heterocycles. The SMILES string of the molecule is CCSCC(CC)c1ccccc1. The minimum Gasteiger partial charge on any atom is -0.162 e. The van der Waals surface area contributed by atoms with Crippen molar-refractivity contribution in [3.8, 4) is 0 Å². The lowest BCUT2D eigenvalue weighted by Crippen LogP contribution is -2.00. The van der Waals surface area contributed by atoms with E-state index in [1.54, 1.807) is 0 Å². The molecule has 0 bridgehead atoms. The molecule has 0 nitrogen and oxygen atoms in total. The quantitative estimate of drug-likeness (QED) is 0.684. The van der Waals surface area contributed by atoms with Crippen LogP contribution < -0.4 is 0 Å². The molecule has 1 rings (SSSR count). The van der Waals surface area contributed by atoms with Crippen molar-refractivity contribution in [3.05, 3.63) is 35.9 Å². The molecule has 0 spiro atoms. The molecule has 0 radical (unpaired) electrons. The normalized spacial score (nSPS) is 12.8. The summed E-state index contributed by atoms with van der Waals surface area (Å²) in [4.78, 5) is 0. The van der Waals surface area contributed by atoms with Gasteiger partial charge >= 0.3 is 0 Å². The molecule has 72 valence electrons. The Hall–Kier alpha value is -0.430. The molecule has 0 N–H and O–H groups in total. The Labute approximate surface area is 85.7 Å². The lowest BCUT2D eigenvalue weighted by atomic mass is 9.99. The van der Waals surface area contributed by atoms with Gasteiger partial charge in [0.15, 0.2) is 0 Å². The van der Waals surface area contributed by atoms with E-state index in [4.69, 9.17) is 0 Å². The van der Waals surface area contributed by atoms with Crippen LogP contribution in [0.2, 0.25) is 0 Å². The summed E-state index contributed by atoms with van der Waals surface area (Å²) in [6, 6.07) is 10.8. The minimum atomic E-state index is 0.742. The third kappa shape index (κ3) is 3.43. The van der Waals surface area contributed by atoms with Gasteiger partial charge < -0.3 is 0 Å². The molecular weight excluding hydrogens is 176 g/mol. The molecule has 1 atom stereocenters. The van der Waals surface area contributed by atoms with Gasteiger partial charge in [0, 0.05) is 5.75 Å². The molecule has 0 heterocycles. The fourth-order valence-corrected chi connectivity index (χ4v) is 2.38. The fraction of sp³-hybridized carbons (Fsp3) is 0.500. The van der Waals surface area contributed by atoms with Crippen molar-refractivity contribution in [1.82, 2.24) is 0 Å². The molecule has 0 aliphatic carbocycles. The number of rotatable bonds is 5. The van der Waals surface area contributed by atoms with Crippen LogP contribution in [-0.4, -0.2) is 11.5 Å². The first-order valence-corrected chi connectivity index (χ1v) is 6.16. The van der Waals surface area contributed by atoms with Crippen molar-refractivity contribution >= 4 is 11.8 Å². The second-order valence-electron chi connectivity index (χ2n) is 3.18. The highest BCUT2D eigenvalue weighted by atomic mass is 32.2. The monoisotopic (exact) mass is 194 g/mol. The fourth-order valence-electron chi connectivity index (χ4n) is 1.44. The van der Waals surface area contributed by atoms with Crippen LogP contribution in [0.4, 0.5) is 0 Å². The second kappa shape index (κ2) is 6.09. The summed E-state index contributed by atoms with van der Waals surface area (Å²) >= 11 is 2.04. The second-order valence-corrected chi connectivity index (χ2v) is 4.49. The summed E-state index contributed by atoms with van der Waals surface area (Å²) < 4.78 is 0. The first-order chi connectivity index (χ1) is 6.38. The van der Waals surface area contributed by atoms with Gasteiger partial charge in [0.25, 0.3) is 0 Å². The maximum absolute atomic E-state index is 2.27. The van der Waals surface area contributed by atoms with Gasteiger partial charge in [0.2, 0.25) is 0 Å². The molecule has 0 aromatic heterocycles. The Morgan fingerprint density at radius 2 is 1.85 bits per heavy atom. The molecule has 13 heavy (non-hydrogen) atoms. The topological polar surface area (TPSA) is 0 Å². The van der Waals surface area contributed by atoms with Crippen LogP contribution in [0.1, 0.15) is 31.7 Å². The van der Waals surface area contributed by atoms with Gasteiger partial charge in [-0.05, 0) is 23.7 Å². The van der Waals surface area contributed by atoms with E-state index >= 15 is 0 Å². The minimum absolute atomic E-state index is 0.742. The molecule has 0 aliphatic heterocycles. The van der Waals surface area contributed by atoms with E-state index in [9.17, 15) is 0 Å². The van der Waals surface area contributed by atoms with Crippen molar-refractivity contribution in [2.45, 2.75) is 26.2 Å². The van der Waals surface area contributed by atoms with Crippen molar-refractivity contribution in [1.29, 1.82) is 0 Å². The van der Waals surface area contributed by atoms with Gasteiger partial charge in [-0.2, -0.15) is 11.8 Å². The zero-order valence-corrected chi connectivity index (χ0v) is 9.31. The lowest BCUT2D eigenvalue weighted by Gasteiger charge is -2.13. The smallest absolute Gasteiger partial charge is 0.000126 e. The van der Waals surface area contributed by atoms with Crippen LogP contribution in [0.3, 0.4) is 0 Å². The summed E-state index contributed by atoms with van der Waals surface area (Å²) in [7, 11) is 0. The van der Waals surface area contributed by atoms with Crippen LogP contribution >= 0.6 is 11.8 Å². The van der Waals surface area contributed by atoms with Gasteiger partial charge in [-0.1, -0.05) is 44.2 Å². The van der Waals surface area contributed by atoms with Crippen molar-refractivity contribution < 1.29 is 0 Å². The largest absolute Gasteiger partial charge is 0.162 e. The molecule has 1 aromatic rings. The number of hydrogen-bond donors (Lipinski definition) is 0. The van der Waals surface area contributed by atoms with E-state index in [0.717, 1.165) is 5.92 Å². The van der Waals surface area contributed by atoms with E-state index in [1.165, 1.54) is 23.5 Å². The zero-order chi connectivity index (χ0) is 9.52. The zero-order valence-electron chi connectivity index (χ0n) is 8.49. The average molecular weight is 194 g/mol. The molecule has 1 unspecified atom stereocenters. The third-order valence-electron chi connectivity index (χ3n) is 2.29. The molecule has 0 aliphatic rings. The van der Waals surface area contributed by atoms with Gasteiger partial charge in [-0.3, -0.25) is 0 Å². The van der Waals surface area contributed by atoms with E-state index in [-0.39, 0.29) is 0 Å². The summed E-state index contributed by atoms with van der Waals surface area (Å²) in [6.45, 7) is 4.50. The highest BCUT2D eigenvalue weighted by Gasteiger charge is 2.07. The summed E-state index contributed by atoms with van der Waals surface area (Å²) in [5, 5.41) is 0. The Morgan fingerprint density at radius 3 is 2.38 bits per heavy atom. The van der Waals surface area contributed by atoms with Crippen molar-refractivity contribution in [2.24, 2.45) is 0 Å². The van der Waals surface area contributed by atoms with Gasteiger partial charge in [0.05, 0.1) is 0 Å². The lowest BCUT2D eigenvalue weighted by molar-refractivity contribution is 0.744. The third-order valence-corrected chi connectivity index (χ3v) is 3.33. The van der Waals surface area contributed by atoms with E-state index in [0.29, 0.717) is 0 Å². The maximum Gasteiger partial charge on any atom is 0.000126 e. The molecule has 1 heteroatoms. The molecule has 1 aromatic carbocycles. The predicted molar refractivity (Wildman–Crippen MR) is 62.5 cm³/mol. The predicted octanol–water partition coefficient (Wildman–Crippen LogP) is 3.93. The highest BCUT2D eigenvalue weighted by molar-refractivity contribution is 7.99. The van der Waals surface area contributed by atoms with Crippen LogP contribution in [0.25, 0.3) is 0 Å². The van der Waals surface area contributed by atoms with Crippen molar-refractivity contribution in [2.75, 3.05) is 11.5 Å². The summed E-state index contributed by atoms with van der Waals surface area (Å²) in [6.07, 6.45) is 1.25. The maximum atomic E-state index is 2.27. The van der Waals surface area contributed by atoms with Crippen LogP contribution in [0, 0.1) is 0 Å². The number of hydrogen-bond acceptors (Lipinski definition) is 1. The van der Waals surface area contributed by atoms with E-state index < -0.39 is 0 Å². The van der Waals surface area contributed by atoms with Gasteiger partial charge in [0.1, 0.15) is 0 Å². The summed E-state index contributed by atoms with van der Waals surface area (Å²) in [5.74, 6) is 3.23. The molecule has 0 fully saturated rings.